The number of hydrogen-bond acceptors (Lipinski definition) is 5. The van der Waals surface area contributed by atoms with Gasteiger partial charge in [0.2, 0.25) is 11.1 Å². The lowest BCUT2D eigenvalue weighted by atomic mass is 9.88. The van der Waals surface area contributed by atoms with E-state index in [9.17, 15) is 9.18 Å². The zero-order chi connectivity index (χ0) is 20.4. The molecule has 3 aromatic rings. The molecule has 6 nitrogen and oxygen atoms in total. The van der Waals surface area contributed by atoms with Crippen molar-refractivity contribution in [3.8, 4) is 11.4 Å². The topological polar surface area (TPSA) is 85.8 Å². The second kappa shape index (κ2) is 8.24. The highest BCUT2D eigenvalue weighted by atomic mass is 32.2. The molecule has 2 aromatic carbocycles. The van der Waals surface area contributed by atoms with Gasteiger partial charge in [-0.05, 0) is 49.4 Å². The summed E-state index contributed by atoms with van der Waals surface area (Å²) in [6, 6.07) is 14.3. The Morgan fingerprint density at radius 2 is 2.10 bits per heavy atom. The number of fused-ring (bicyclic) bond motifs is 1. The zero-order valence-corrected chi connectivity index (χ0v) is 16.8. The van der Waals surface area contributed by atoms with Gasteiger partial charge in [0.15, 0.2) is 5.82 Å². The Labute approximate surface area is 172 Å². The van der Waals surface area contributed by atoms with Gasteiger partial charge >= 0.3 is 0 Å². The van der Waals surface area contributed by atoms with Crippen LogP contribution in [0.4, 0.5) is 4.39 Å². The van der Waals surface area contributed by atoms with Crippen LogP contribution in [0.3, 0.4) is 0 Å². The molecule has 1 aromatic heterocycles. The first-order valence-corrected chi connectivity index (χ1v) is 10.4. The molecule has 29 heavy (non-hydrogen) atoms. The fraction of sp³-hybridized carbons (Fsp3) is 0.286. The van der Waals surface area contributed by atoms with Crippen LogP contribution in [-0.2, 0) is 11.2 Å². The Bertz CT molecular complexity index is 1040. The quantitative estimate of drug-likeness (QED) is 0.496. The maximum absolute atomic E-state index is 13.5. The van der Waals surface area contributed by atoms with Crippen molar-refractivity contribution >= 4 is 17.7 Å². The van der Waals surface area contributed by atoms with Crippen LogP contribution in [0.15, 0.2) is 53.7 Å². The van der Waals surface area contributed by atoms with Crippen molar-refractivity contribution in [3.05, 3.63) is 65.5 Å². The minimum absolute atomic E-state index is 0.0223. The normalized spacial score (nSPS) is 16.8. The molecule has 0 fully saturated rings. The van der Waals surface area contributed by atoms with Crippen LogP contribution in [0.5, 0.6) is 0 Å². The van der Waals surface area contributed by atoms with Crippen molar-refractivity contribution in [3.63, 3.8) is 0 Å². The number of rotatable bonds is 5. The molecule has 1 heterocycles. The van der Waals surface area contributed by atoms with Crippen molar-refractivity contribution in [1.29, 1.82) is 0 Å². The smallest absolute Gasteiger partial charge is 0.233 e. The number of nitrogens with one attached hydrogen (secondary N) is 1. The number of benzene rings is 2. The van der Waals surface area contributed by atoms with Crippen molar-refractivity contribution in [1.82, 2.24) is 20.2 Å². The number of amides is 1. The van der Waals surface area contributed by atoms with Crippen LogP contribution in [-0.4, -0.2) is 26.0 Å². The van der Waals surface area contributed by atoms with Crippen molar-refractivity contribution in [2.75, 3.05) is 5.84 Å². The minimum Gasteiger partial charge on any atom is -0.348 e. The van der Waals surface area contributed by atoms with Gasteiger partial charge in [-0.15, -0.1) is 10.2 Å². The predicted octanol–water partition coefficient (Wildman–Crippen LogP) is 3.47. The average molecular weight is 412 g/mol. The monoisotopic (exact) mass is 411 g/mol. The number of thioether (sulfide) groups is 1. The Morgan fingerprint density at radius 1 is 1.28 bits per heavy atom. The first-order valence-electron chi connectivity index (χ1n) is 9.54. The maximum Gasteiger partial charge on any atom is 0.233 e. The molecule has 3 N–H and O–H groups in total. The molecule has 0 bridgehead atoms. The van der Waals surface area contributed by atoms with Crippen molar-refractivity contribution in [2.24, 2.45) is 0 Å². The molecule has 150 valence electrons. The summed E-state index contributed by atoms with van der Waals surface area (Å²) < 4.78 is 14.8. The average Bonchev–Trinajstić information content (AvgIpc) is 3.08. The number of nitrogens with zero attached hydrogens (tertiary/aromatic N) is 3. The Hall–Kier alpha value is -2.87. The first-order chi connectivity index (χ1) is 14.0. The SMILES string of the molecule is CC(Sc1nnc(-c2cccc(F)c2)n1N)C(=O)NC1CCCc2ccccc21. The summed E-state index contributed by atoms with van der Waals surface area (Å²) in [4.78, 5) is 12.8. The van der Waals surface area contributed by atoms with Crippen LogP contribution in [0, 0.1) is 5.82 Å². The van der Waals surface area contributed by atoms with Gasteiger partial charge in [0.05, 0.1) is 11.3 Å². The van der Waals surface area contributed by atoms with Crippen molar-refractivity contribution in [2.45, 2.75) is 42.6 Å². The molecule has 0 radical (unpaired) electrons. The number of aromatic nitrogens is 3. The molecule has 1 aliphatic rings. The van der Waals surface area contributed by atoms with Gasteiger partial charge in [0.1, 0.15) is 5.82 Å². The van der Waals surface area contributed by atoms with E-state index in [0.29, 0.717) is 16.5 Å². The Balaban J connectivity index is 1.45. The van der Waals surface area contributed by atoms with E-state index in [0.717, 1.165) is 19.3 Å². The molecule has 0 spiro atoms. The van der Waals surface area contributed by atoms with E-state index in [1.165, 1.54) is 39.7 Å². The molecule has 2 unspecified atom stereocenters. The van der Waals surface area contributed by atoms with Crippen LogP contribution in [0.2, 0.25) is 0 Å². The first kappa shape index (κ1) is 19.4. The molecule has 0 saturated heterocycles. The third-order valence-electron chi connectivity index (χ3n) is 5.08. The number of aryl methyl sites for hydroxylation is 1. The Kier molecular flexibility index (Phi) is 5.53. The van der Waals surface area contributed by atoms with Gasteiger partial charge in [-0.2, -0.15) is 0 Å². The lowest BCUT2D eigenvalue weighted by Crippen LogP contribution is -2.36. The van der Waals surface area contributed by atoms with Gasteiger partial charge in [-0.25, -0.2) is 9.07 Å². The summed E-state index contributed by atoms with van der Waals surface area (Å²) in [7, 11) is 0. The van der Waals surface area contributed by atoms with Crippen LogP contribution in [0.25, 0.3) is 11.4 Å². The largest absolute Gasteiger partial charge is 0.348 e. The van der Waals surface area contributed by atoms with Crippen LogP contribution in [0.1, 0.15) is 36.9 Å². The molecule has 2 atom stereocenters. The molecule has 0 saturated carbocycles. The summed E-state index contributed by atoms with van der Waals surface area (Å²) in [5, 5.41) is 11.3. The summed E-state index contributed by atoms with van der Waals surface area (Å²) in [5.74, 6) is 5.99. The van der Waals surface area contributed by atoms with E-state index in [4.69, 9.17) is 5.84 Å². The number of carbonyl (C=O) groups excluding carboxylic acids is 1. The second-order valence-corrected chi connectivity index (χ2v) is 8.41. The highest BCUT2D eigenvalue weighted by Crippen LogP contribution is 2.31. The Morgan fingerprint density at radius 3 is 2.93 bits per heavy atom. The second-order valence-electron chi connectivity index (χ2n) is 7.10. The van der Waals surface area contributed by atoms with E-state index in [-0.39, 0.29) is 17.8 Å². The highest BCUT2D eigenvalue weighted by molar-refractivity contribution is 8.00. The lowest BCUT2D eigenvalue weighted by Gasteiger charge is -2.27. The van der Waals surface area contributed by atoms with E-state index < -0.39 is 5.25 Å². The van der Waals surface area contributed by atoms with Gasteiger partial charge in [-0.1, -0.05) is 48.2 Å². The summed E-state index contributed by atoms with van der Waals surface area (Å²) >= 11 is 1.23. The van der Waals surface area contributed by atoms with E-state index in [2.05, 4.69) is 27.6 Å². The van der Waals surface area contributed by atoms with E-state index in [1.54, 1.807) is 12.1 Å². The maximum atomic E-state index is 13.5. The van der Waals surface area contributed by atoms with Crippen LogP contribution < -0.4 is 11.2 Å². The van der Waals surface area contributed by atoms with E-state index >= 15 is 0 Å². The third kappa shape index (κ3) is 4.12. The van der Waals surface area contributed by atoms with E-state index in [1.807, 2.05) is 19.1 Å². The zero-order valence-electron chi connectivity index (χ0n) is 16.0. The van der Waals surface area contributed by atoms with Crippen LogP contribution >= 0.6 is 11.8 Å². The van der Waals surface area contributed by atoms with Gasteiger partial charge in [-0.3, -0.25) is 4.79 Å². The molecule has 8 heteroatoms. The minimum atomic E-state index is -0.407. The molecule has 1 aliphatic carbocycles. The number of nitrogens with two attached hydrogens (primary N) is 1. The summed E-state index contributed by atoms with van der Waals surface area (Å²) in [5.41, 5.74) is 3.02. The van der Waals surface area contributed by atoms with Gasteiger partial charge < -0.3 is 11.2 Å². The lowest BCUT2D eigenvalue weighted by molar-refractivity contribution is -0.121. The van der Waals surface area contributed by atoms with Gasteiger partial charge in [0.25, 0.3) is 0 Å². The fourth-order valence-electron chi connectivity index (χ4n) is 3.59. The molecule has 4 rings (SSSR count). The van der Waals surface area contributed by atoms with Crippen molar-refractivity contribution < 1.29 is 9.18 Å². The predicted molar refractivity (Wildman–Crippen MR) is 111 cm³/mol. The standard InChI is InChI=1S/C21H22FN5OS/c1-13(20(28)24-18-11-5-7-14-6-2-3-10-17(14)18)29-21-26-25-19(27(21)23)15-8-4-9-16(22)12-15/h2-4,6,8-10,12-13,18H,5,7,11,23H2,1H3,(H,24,28). The summed E-state index contributed by atoms with van der Waals surface area (Å²) in [6.45, 7) is 1.81. The molecule has 1 amide bonds. The molecular formula is C21H22FN5OS. The highest BCUT2D eigenvalue weighted by Gasteiger charge is 2.25. The number of halogens is 1. The third-order valence-corrected chi connectivity index (χ3v) is 6.14. The number of nitrogen functional groups attached to an aromatic ring is 1. The van der Waals surface area contributed by atoms with Gasteiger partial charge in [0, 0.05) is 5.56 Å². The summed E-state index contributed by atoms with van der Waals surface area (Å²) in [6.07, 6.45) is 3.03. The fourth-order valence-corrected chi connectivity index (χ4v) is 4.37. The number of hydrogen-bond donors (Lipinski definition) is 2. The molecular weight excluding hydrogens is 389 g/mol. The molecule has 0 aliphatic heterocycles. The number of carbonyl (C=O) groups is 1.